The molecule has 2 nitrogen and oxygen atoms in total. The third-order valence-electron chi connectivity index (χ3n) is 2.35. The second-order valence-electron chi connectivity index (χ2n) is 3.71. The van der Waals surface area contributed by atoms with Gasteiger partial charge in [-0.15, -0.1) is 0 Å². The Morgan fingerprint density at radius 1 is 0.947 bits per heavy atom. The molecule has 0 spiro atoms. The van der Waals surface area contributed by atoms with Crippen molar-refractivity contribution in [2.45, 2.75) is 0 Å². The molecule has 19 heavy (non-hydrogen) atoms. The lowest BCUT2D eigenvalue weighted by atomic mass is 10.2. The van der Waals surface area contributed by atoms with Gasteiger partial charge in [0, 0.05) is 16.8 Å². The average Bonchev–Trinajstić information content (AvgIpc) is 2.33. The van der Waals surface area contributed by atoms with Gasteiger partial charge in [0.1, 0.15) is 5.82 Å². The van der Waals surface area contributed by atoms with Gasteiger partial charge in [0.05, 0.1) is 5.56 Å². The summed E-state index contributed by atoms with van der Waals surface area (Å²) >= 11 is 5.56. The lowest BCUT2D eigenvalue weighted by Crippen LogP contribution is -2.14. The van der Waals surface area contributed by atoms with Gasteiger partial charge >= 0.3 is 0 Å². The van der Waals surface area contributed by atoms with Gasteiger partial charge in [0.15, 0.2) is 11.6 Å². The third-order valence-corrected chi connectivity index (χ3v) is 2.59. The molecule has 0 aliphatic heterocycles. The van der Waals surface area contributed by atoms with Gasteiger partial charge in [-0.25, -0.2) is 13.2 Å². The van der Waals surface area contributed by atoms with Gasteiger partial charge in [-0.3, -0.25) is 4.79 Å². The van der Waals surface area contributed by atoms with E-state index < -0.39 is 23.4 Å². The molecule has 0 aliphatic carbocycles. The minimum Gasteiger partial charge on any atom is -0.322 e. The molecule has 0 saturated carbocycles. The predicted octanol–water partition coefficient (Wildman–Crippen LogP) is 4.01. The molecule has 0 bridgehead atoms. The predicted molar refractivity (Wildman–Crippen MR) is 65.7 cm³/mol. The standard InChI is InChI=1S/C13H7ClF3NO/c14-7-1-3-9(11(16)5-7)13(19)18-8-2-4-10(15)12(17)6-8/h1-6H,(H,18,19). The molecule has 2 rings (SSSR count). The molecule has 1 amide bonds. The molecule has 98 valence electrons. The molecule has 0 heterocycles. The zero-order valence-corrected chi connectivity index (χ0v) is 10.1. The van der Waals surface area contributed by atoms with Gasteiger partial charge in [-0.1, -0.05) is 11.6 Å². The minimum atomic E-state index is -1.10. The summed E-state index contributed by atoms with van der Waals surface area (Å²) in [5.41, 5.74) is -0.215. The fourth-order valence-corrected chi connectivity index (χ4v) is 1.60. The van der Waals surface area contributed by atoms with E-state index in [-0.39, 0.29) is 16.3 Å². The Hall–Kier alpha value is -2.01. The normalized spacial score (nSPS) is 10.3. The van der Waals surface area contributed by atoms with Gasteiger partial charge in [-0.2, -0.15) is 0 Å². The Labute approximate surface area is 111 Å². The third kappa shape index (κ3) is 3.06. The smallest absolute Gasteiger partial charge is 0.258 e. The first-order chi connectivity index (χ1) is 8.97. The van der Waals surface area contributed by atoms with Crippen LogP contribution < -0.4 is 5.32 Å². The van der Waals surface area contributed by atoms with Crippen LogP contribution in [-0.4, -0.2) is 5.91 Å². The van der Waals surface area contributed by atoms with E-state index in [9.17, 15) is 18.0 Å². The van der Waals surface area contributed by atoms with Crippen LogP contribution in [0.4, 0.5) is 18.9 Å². The maximum absolute atomic E-state index is 13.5. The quantitative estimate of drug-likeness (QED) is 0.887. The lowest BCUT2D eigenvalue weighted by molar-refractivity contribution is 0.102. The summed E-state index contributed by atoms with van der Waals surface area (Å²) in [6.07, 6.45) is 0. The summed E-state index contributed by atoms with van der Waals surface area (Å²) in [7, 11) is 0. The van der Waals surface area contributed by atoms with E-state index in [1.54, 1.807) is 0 Å². The number of nitrogens with one attached hydrogen (secondary N) is 1. The van der Waals surface area contributed by atoms with E-state index in [1.165, 1.54) is 18.2 Å². The Bertz CT molecular complexity index is 646. The Balaban J connectivity index is 2.23. The Morgan fingerprint density at radius 3 is 2.32 bits per heavy atom. The van der Waals surface area contributed by atoms with Crippen molar-refractivity contribution in [3.8, 4) is 0 Å². The number of amides is 1. The molecule has 0 aromatic heterocycles. The highest BCUT2D eigenvalue weighted by Crippen LogP contribution is 2.18. The van der Waals surface area contributed by atoms with E-state index in [4.69, 9.17) is 11.6 Å². The van der Waals surface area contributed by atoms with E-state index in [0.717, 1.165) is 18.2 Å². The summed E-state index contributed by atoms with van der Waals surface area (Å²) in [5, 5.41) is 2.41. The summed E-state index contributed by atoms with van der Waals surface area (Å²) in [5.74, 6) is -3.71. The first kappa shape index (κ1) is 13.4. The van der Waals surface area contributed by atoms with Crippen LogP contribution in [0.3, 0.4) is 0 Å². The maximum atomic E-state index is 13.5. The van der Waals surface area contributed by atoms with Crippen molar-refractivity contribution < 1.29 is 18.0 Å². The lowest BCUT2D eigenvalue weighted by Gasteiger charge is -2.06. The fraction of sp³-hybridized carbons (Fsp3) is 0. The fourth-order valence-electron chi connectivity index (χ4n) is 1.45. The van der Waals surface area contributed by atoms with E-state index in [2.05, 4.69) is 5.32 Å². The monoisotopic (exact) mass is 285 g/mol. The largest absolute Gasteiger partial charge is 0.322 e. The van der Waals surface area contributed by atoms with Crippen molar-refractivity contribution in [2.75, 3.05) is 5.32 Å². The van der Waals surface area contributed by atoms with Gasteiger partial charge in [0.25, 0.3) is 5.91 Å². The van der Waals surface area contributed by atoms with Crippen LogP contribution in [0.25, 0.3) is 0 Å². The van der Waals surface area contributed by atoms with E-state index in [1.807, 2.05) is 0 Å². The van der Waals surface area contributed by atoms with Gasteiger partial charge < -0.3 is 5.32 Å². The first-order valence-electron chi connectivity index (χ1n) is 5.19. The Kier molecular flexibility index (Phi) is 3.76. The molecule has 2 aromatic carbocycles. The number of hydrogen-bond donors (Lipinski definition) is 1. The first-order valence-corrected chi connectivity index (χ1v) is 5.56. The van der Waals surface area contributed by atoms with Crippen LogP contribution >= 0.6 is 11.6 Å². The molecular weight excluding hydrogens is 279 g/mol. The van der Waals surface area contributed by atoms with Crippen molar-refractivity contribution in [3.63, 3.8) is 0 Å². The summed E-state index contributed by atoms with van der Waals surface area (Å²) in [6, 6.07) is 6.38. The molecule has 0 aliphatic rings. The number of halogens is 4. The van der Waals surface area contributed by atoms with Crippen LogP contribution in [0.15, 0.2) is 36.4 Å². The van der Waals surface area contributed by atoms with Crippen molar-refractivity contribution in [2.24, 2.45) is 0 Å². The molecular formula is C13H7ClF3NO. The molecule has 1 N–H and O–H groups in total. The molecule has 0 atom stereocenters. The number of carbonyl (C=O) groups is 1. The second-order valence-corrected chi connectivity index (χ2v) is 4.14. The number of anilines is 1. The van der Waals surface area contributed by atoms with Crippen molar-refractivity contribution in [1.82, 2.24) is 0 Å². The molecule has 0 unspecified atom stereocenters. The average molecular weight is 286 g/mol. The van der Waals surface area contributed by atoms with Crippen LogP contribution in [0.1, 0.15) is 10.4 Å². The summed E-state index contributed by atoms with van der Waals surface area (Å²) in [4.78, 5) is 11.7. The van der Waals surface area contributed by atoms with Gasteiger partial charge in [0.2, 0.25) is 0 Å². The van der Waals surface area contributed by atoms with Crippen molar-refractivity contribution in [3.05, 3.63) is 64.4 Å². The van der Waals surface area contributed by atoms with Crippen LogP contribution in [0.5, 0.6) is 0 Å². The highest BCUT2D eigenvalue weighted by atomic mass is 35.5. The molecule has 0 radical (unpaired) electrons. The summed E-state index contributed by atoms with van der Waals surface area (Å²) in [6.45, 7) is 0. The zero-order chi connectivity index (χ0) is 14.0. The van der Waals surface area contributed by atoms with Crippen LogP contribution in [0.2, 0.25) is 5.02 Å². The highest BCUT2D eigenvalue weighted by Gasteiger charge is 2.13. The Morgan fingerprint density at radius 2 is 1.68 bits per heavy atom. The van der Waals surface area contributed by atoms with E-state index >= 15 is 0 Å². The van der Waals surface area contributed by atoms with E-state index in [0.29, 0.717) is 0 Å². The number of carbonyl (C=O) groups excluding carboxylic acids is 1. The molecule has 0 fully saturated rings. The van der Waals surface area contributed by atoms with Crippen LogP contribution in [-0.2, 0) is 0 Å². The molecule has 2 aromatic rings. The summed E-state index contributed by atoms with van der Waals surface area (Å²) < 4.78 is 39.1. The second kappa shape index (κ2) is 5.32. The molecule has 6 heteroatoms. The van der Waals surface area contributed by atoms with Crippen LogP contribution in [0, 0.1) is 17.5 Å². The topological polar surface area (TPSA) is 29.1 Å². The number of rotatable bonds is 2. The molecule has 0 saturated heterocycles. The number of benzene rings is 2. The van der Waals surface area contributed by atoms with Crippen molar-refractivity contribution >= 4 is 23.2 Å². The van der Waals surface area contributed by atoms with Crippen molar-refractivity contribution in [1.29, 1.82) is 0 Å². The number of hydrogen-bond acceptors (Lipinski definition) is 1. The minimum absolute atomic E-state index is 0.0262. The van der Waals surface area contributed by atoms with Gasteiger partial charge in [-0.05, 0) is 30.3 Å². The maximum Gasteiger partial charge on any atom is 0.258 e. The SMILES string of the molecule is O=C(Nc1ccc(F)c(F)c1)c1ccc(Cl)cc1F. The highest BCUT2D eigenvalue weighted by molar-refractivity contribution is 6.30. The zero-order valence-electron chi connectivity index (χ0n) is 9.38.